The van der Waals surface area contributed by atoms with Crippen molar-refractivity contribution >= 4 is 44.9 Å². The molecule has 0 fully saturated rings. The Morgan fingerprint density at radius 1 is 1.21 bits per heavy atom. The van der Waals surface area contributed by atoms with E-state index in [0.717, 1.165) is 40.7 Å². The number of para-hydroxylation sites is 1. The van der Waals surface area contributed by atoms with Gasteiger partial charge >= 0.3 is 0 Å². The number of hydrogen-bond acceptors (Lipinski definition) is 5. The molecule has 1 aliphatic rings. The van der Waals surface area contributed by atoms with Gasteiger partial charge in [-0.3, -0.25) is 14.2 Å². The normalized spacial score (nSPS) is 15.3. The van der Waals surface area contributed by atoms with Gasteiger partial charge in [0.1, 0.15) is 10.6 Å². The molecule has 0 radical (unpaired) electrons. The SMILES string of the molecule is C[C@H]1CCc2c(sc3nc(SCCC(=O)Nc4ccc(F)cc4)n(-c4ccccc4)c(=O)c23)C1. The van der Waals surface area contributed by atoms with Crippen molar-refractivity contribution in [3.63, 3.8) is 0 Å². The molecule has 2 heterocycles. The highest BCUT2D eigenvalue weighted by molar-refractivity contribution is 7.99. The molecule has 0 saturated heterocycles. The predicted octanol–water partition coefficient (Wildman–Crippen LogP) is 5.83. The van der Waals surface area contributed by atoms with E-state index in [1.165, 1.54) is 40.9 Å². The first-order valence-corrected chi connectivity index (χ1v) is 13.1. The molecule has 0 aliphatic heterocycles. The highest BCUT2D eigenvalue weighted by Crippen LogP contribution is 2.37. The largest absolute Gasteiger partial charge is 0.326 e. The molecule has 174 valence electrons. The van der Waals surface area contributed by atoms with Gasteiger partial charge in [-0.25, -0.2) is 9.37 Å². The molecule has 2 aromatic carbocycles. The molecular weight excluding hydrogens is 469 g/mol. The van der Waals surface area contributed by atoms with Crippen molar-refractivity contribution in [1.82, 2.24) is 9.55 Å². The Morgan fingerprint density at radius 2 is 1.97 bits per heavy atom. The number of hydrogen-bond donors (Lipinski definition) is 1. The third kappa shape index (κ3) is 4.65. The van der Waals surface area contributed by atoms with Crippen LogP contribution in [-0.4, -0.2) is 21.2 Å². The zero-order chi connectivity index (χ0) is 23.7. The first-order chi connectivity index (χ1) is 16.5. The van der Waals surface area contributed by atoms with E-state index in [2.05, 4.69) is 12.2 Å². The molecule has 0 bridgehead atoms. The molecule has 2 aromatic heterocycles. The van der Waals surface area contributed by atoms with Gasteiger partial charge in [0.15, 0.2) is 5.16 Å². The molecule has 1 amide bonds. The highest BCUT2D eigenvalue weighted by Gasteiger charge is 2.25. The summed E-state index contributed by atoms with van der Waals surface area (Å²) in [6.45, 7) is 2.25. The molecule has 0 saturated carbocycles. The van der Waals surface area contributed by atoms with Gasteiger partial charge in [-0.1, -0.05) is 36.9 Å². The predicted molar refractivity (Wildman–Crippen MR) is 137 cm³/mol. The monoisotopic (exact) mass is 493 g/mol. The molecular formula is C26H24FN3O2S2. The quantitative estimate of drug-likeness (QED) is 0.271. The van der Waals surface area contributed by atoms with E-state index in [4.69, 9.17) is 4.98 Å². The average Bonchev–Trinajstić information content (AvgIpc) is 3.19. The minimum Gasteiger partial charge on any atom is -0.326 e. The summed E-state index contributed by atoms with van der Waals surface area (Å²) in [6, 6.07) is 15.2. The summed E-state index contributed by atoms with van der Waals surface area (Å²) in [6.07, 6.45) is 3.23. The standard InChI is InChI=1S/C26H24FN3O2S2/c1-16-7-12-20-21(15-16)34-24-23(20)25(32)30(19-5-3-2-4-6-19)26(29-24)33-14-13-22(31)28-18-10-8-17(27)9-11-18/h2-6,8-11,16H,7,12-15H2,1H3,(H,28,31)/t16-/m0/s1. The van der Waals surface area contributed by atoms with Crippen LogP contribution < -0.4 is 10.9 Å². The lowest BCUT2D eigenvalue weighted by atomic mass is 9.89. The van der Waals surface area contributed by atoms with Gasteiger partial charge in [0.25, 0.3) is 5.56 Å². The number of nitrogens with zero attached hydrogens (tertiary/aromatic N) is 2. The van der Waals surface area contributed by atoms with Crippen molar-refractivity contribution in [3.05, 3.63) is 81.2 Å². The van der Waals surface area contributed by atoms with E-state index >= 15 is 0 Å². The van der Waals surface area contributed by atoms with Crippen molar-refractivity contribution in [1.29, 1.82) is 0 Å². The summed E-state index contributed by atoms with van der Waals surface area (Å²) in [5, 5.41) is 4.11. The van der Waals surface area contributed by atoms with E-state index in [-0.39, 0.29) is 23.7 Å². The number of benzene rings is 2. The van der Waals surface area contributed by atoms with Crippen molar-refractivity contribution in [3.8, 4) is 5.69 Å². The number of thiophene rings is 1. The summed E-state index contributed by atoms with van der Waals surface area (Å²) in [5.74, 6) is 0.554. The second-order valence-corrected chi connectivity index (χ2v) is 10.7. The van der Waals surface area contributed by atoms with E-state index < -0.39 is 0 Å². The van der Waals surface area contributed by atoms with Crippen molar-refractivity contribution in [2.75, 3.05) is 11.1 Å². The van der Waals surface area contributed by atoms with E-state index in [1.807, 2.05) is 30.3 Å². The van der Waals surface area contributed by atoms with Crippen molar-refractivity contribution < 1.29 is 9.18 Å². The fraction of sp³-hybridized carbons (Fsp3) is 0.269. The van der Waals surface area contributed by atoms with Crippen LogP contribution in [0, 0.1) is 11.7 Å². The lowest BCUT2D eigenvalue weighted by Gasteiger charge is -2.17. The van der Waals surface area contributed by atoms with Crippen LogP contribution in [-0.2, 0) is 17.6 Å². The average molecular weight is 494 g/mol. The van der Waals surface area contributed by atoms with Crippen LogP contribution in [0.5, 0.6) is 0 Å². The smallest absolute Gasteiger partial charge is 0.267 e. The number of carbonyl (C=O) groups is 1. The lowest BCUT2D eigenvalue weighted by Crippen LogP contribution is -2.23. The molecule has 5 rings (SSSR count). The summed E-state index contributed by atoms with van der Waals surface area (Å²) >= 11 is 3.03. The first kappa shape index (κ1) is 22.8. The van der Waals surface area contributed by atoms with Gasteiger partial charge in [0.05, 0.1) is 11.1 Å². The van der Waals surface area contributed by atoms with Crippen LogP contribution >= 0.6 is 23.1 Å². The first-order valence-electron chi connectivity index (χ1n) is 11.3. The number of anilines is 1. The molecule has 1 N–H and O–H groups in total. The van der Waals surface area contributed by atoms with Crippen LogP contribution in [0.25, 0.3) is 15.9 Å². The second kappa shape index (κ2) is 9.72. The number of rotatable bonds is 6. The number of aromatic nitrogens is 2. The van der Waals surface area contributed by atoms with Gasteiger partial charge < -0.3 is 5.32 Å². The highest BCUT2D eigenvalue weighted by atomic mass is 32.2. The van der Waals surface area contributed by atoms with Crippen LogP contribution in [0.1, 0.15) is 30.2 Å². The zero-order valence-corrected chi connectivity index (χ0v) is 20.3. The Labute approximate surface area is 205 Å². The van der Waals surface area contributed by atoms with E-state index in [9.17, 15) is 14.0 Å². The number of carbonyl (C=O) groups excluding carboxylic acids is 1. The van der Waals surface area contributed by atoms with Crippen LogP contribution in [0.15, 0.2) is 64.5 Å². The third-order valence-electron chi connectivity index (χ3n) is 6.00. The number of amides is 1. The topological polar surface area (TPSA) is 64.0 Å². The summed E-state index contributed by atoms with van der Waals surface area (Å²) in [5.41, 5.74) is 2.44. The minimum atomic E-state index is -0.349. The minimum absolute atomic E-state index is 0.0403. The van der Waals surface area contributed by atoms with E-state index in [1.54, 1.807) is 15.9 Å². The van der Waals surface area contributed by atoms with Crippen LogP contribution in [0.3, 0.4) is 0 Å². The fourth-order valence-corrected chi connectivity index (χ4v) is 6.64. The van der Waals surface area contributed by atoms with E-state index in [0.29, 0.717) is 22.5 Å². The van der Waals surface area contributed by atoms with Gasteiger partial charge in [0, 0.05) is 22.7 Å². The number of thioether (sulfide) groups is 1. The molecule has 5 nitrogen and oxygen atoms in total. The fourth-order valence-electron chi connectivity index (χ4n) is 4.26. The van der Waals surface area contributed by atoms with Gasteiger partial charge in [-0.2, -0.15) is 0 Å². The van der Waals surface area contributed by atoms with Gasteiger partial charge in [-0.05, 0) is 67.1 Å². The summed E-state index contributed by atoms with van der Waals surface area (Å²) < 4.78 is 14.8. The Kier molecular flexibility index (Phi) is 6.52. The number of halogens is 1. The Hall–Kier alpha value is -2.97. The molecule has 34 heavy (non-hydrogen) atoms. The molecule has 1 aliphatic carbocycles. The summed E-state index contributed by atoms with van der Waals surface area (Å²) in [4.78, 5) is 33.1. The van der Waals surface area contributed by atoms with Gasteiger partial charge in [0.2, 0.25) is 5.91 Å². The van der Waals surface area contributed by atoms with Crippen LogP contribution in [0.2, 0.25) is 0 Å². The maximum Gasteiger partial charge on any atom is 0.267 e. The second-order valence-electron chi connectivity index (χ2n) is 8.56. The van der Waals surface area contributed by atoms with Gasteiger partial charge in [-0.15, -0.1) is 11.3 Å². The maximum atomic E-state index is 13.7. The Balaban J connectivity index is 1.43. The molecule has 0 unspecified atom stereocenters. The Bertz CT molecular complexity index is 1400. The van der Waals surface area contributed by atoms with Crippen LogP contribution in [0.4, 0.5) is 10.1 Å². The maximum absolute atomic E-state index is 13.7. The zero-order valence-electron chi connectivity index (χ0n) is 18.7. The molecule has 1 atom stereocenters. The number of nitrogens with one attached hydrogen (secondary N) is 1. The van der Waals surface area contributed by atoms with Crippen molar-refractivity contribution in [2.45, 2.75) is 37.8 Å². The van der Waals surface area contributed by atoms with Crippen molar-refractivity contribution in [2.24, 2.45) is 5.92 Å². The lowest BCUT2D eigenvalue weighted by molar-refractivity contribution is -0.115. The Morgan fingerprint density at radius 3 is 2.74 bits per heavy atom. The molecule has 4 aromatic rings. The number of fused-ring (bicyclic) bond motifs is 3. The molecule has 0 spiro atoms. The number of aryl methyl sites for hydroxylation is 1. The summed E-state index contributed by atoms with van der Waals surface area (Å²) in [7, 11) is 0. The molecule has 8 heteroatoms. The third-order valence-corrected chi connectivity index (χ3v) is 8.09.